The molecule has 2 atom stereocenters. The number of ether oxygens (including phenoxy) is 1. The van der Waals surface area contributed by atoms with E-state index in [0.29, 0.717) is 11.5 Å². The summed E-state index contributed by atoms with van der Waals surface area (Å²) < 4.78 is 60.9. The summed E-state index contributed by atoms with van der Waals surface area (Å²) >= 11 is 2.02. The number of hydrogen-bond donors (Lipinski definition) is 0. The van der Waals surface area contributed by atoms with Crippen LogP contribution in [0, 0.1) is 23.5 Å². The molecule has 1 heterocycles. The molecule has 0 bridgehead atoms. The van der Waals surface area contributed by atoms with Gasteiger partial charge in [0.15, 0.2) is 0 Å². The summed E-state index contributed by atoms with van der Waals surface area (Å²) in [6.45, 7) is 0.787. The Morgan fingerprint density at radius 3 is 1.97 bits per heavy atom. The molecule has 0 N–H and O–H groups in total. The lowest BCUT2D eigenvalue weighted by atomic mass is 9.84. The highest BCUT2D eigenvalue weighted by Gasteiger charge is 2.35. The van der Waals surface area contributed by atoms with Crippen LogP contribution in [0.1, 0.15) is 55.8 Å². The third-order valence-corrected chi connectivity index (χ3v) is 6.72. The van der Waals surface area contributed by atoms with Crippen LogP contribution < -0.4 is 0 Å². The minimum absolute atomic E-state index is 0.0321. The lowest BCUT2D eigenvalue weighted by molar-refractivity contribution is -0.0329. The molecule has 0 radical (unpaired) electrons. The van der Waals surface area contributed by atoms with Gasteiger partial charge in [0.05, 0.1) is 12.7 Å². The number of halogens is 5. The molecule has 4 rings (SSSR count). The summed E-state index contributed by atoms with van der Waals surface area (Å²) in [6.07, 6.45) is 7.47. The van der Waals surface area contributed by atoms with Gasteiger partial charge in [-0.1, -0.05) is 49.9 Å². The van der Waals surface area contributed by atoms with E-state index in [1.54, 1.807) is 12.1 Å². The Labute approximate surface area is 176 Å². The fourth-order valence-corrected chi connectivity index (χ4v) is 5.11. The fourth-order valence-electron chi connectivity index (χ4n) is 4.74. The maximum Gasteiger partial charge on any atom is 0.332 e. The van der Waals surface area contributed by atoms with E-state index in [4.69, 9.17) is 4.74 Å². The molecule has 1 aliphatic heterocycles. The minimum atomic E-state index is -3.75. The largest absolute Gasteiger partial charge is 0.373 e. The summed E-state index contributed by atoms with van der Waals surface area (Å²) in [4.78, 5) is -3.75. The minimum Gasteiger partial charge on any atom is -0.373 e. The third kappa shape index (κ3) is 4.53. The zero-order valence-electron chi connectivity index (χ0n) is 15.9. The van der Waals surface area contributed by atoms with Crippen molar-refractivity contribution < 1.29 is 22.3 Å². The second-order valence-corrected chi connectivity index (χ2v) is 9.13. The molecule has 2 unspecified atom stereocenters. The van der Waals surface area contributed by atoms with E-state index in [-0.39, 0.29) is 11.7 Å². The SMILES string of the molecule is Fc1cc(-c2ccc(C3CCC(C4CCCC4)CO3)cc2)cc(F)c1C(F)(F)Br. The average molecular weight is 471 g/mol. The van der Waals surface area contributed by atoms with Gasteiger partial charge in [0.2, 0.25) is 0 Å². The van der Waals surface area contributed by atoms with Crippen molar-refractivity contribution in [1.29, 1.82) is 0 Å². The predicted octanol–water partition coefficient (Wildman–Crippen LogP) is 7.73. The highest BCUT2D eigenvalue weighted by atomic mass is 79.9. The average Bonchev–Trinajstić information content (AvgIpc) is 3.21. The van der Waals surface area contributed by atoms with Crippen molar-refractivity contribution in [3.8, 4) is 11.1 Å². The summed E-state index contributed by atoms with van der Waals surface area (Å²) in [5.41, 5.74) is 0.544. The normalized spacial score (nSPS) is 23.5. The molecule has 1 saturated heterocycles. The molecule has 2 aromatic carbocycles. The molecule has 29 heavy (non-hydrogen) atoms. The van der Waals surface area contributed by atoms with Crippen LogP contribution in [0.4, 0.5) is 17.6 Å². The molecule has 1 aliphatic carbocycles. The summed E-state index contributed by atoms with van der Waals surface area (Å²) in [6, 6.07) is 9.15. The molecule has 6 heteroatoms. The standard InChI is InChI=1S/C23H23BrF4O/c24-23(27,28)22-19(25)11-18(12-20(22)26)15-5-7-16(8-6-15)21-10-9-17(13-29-21)14-3-1-2-4-14/h5-8,11-12,14,17,21H,1-4,9-10,13H2. The van der Waals surface area contributed by atoms with Gasteiger partial charge in [0, 0.05) is 0 Å². The molecule has 156 valence electrons. The van der Waals surface area contributed by atoms with Crippen molar-refractivity contribution in [1.82, 2.24) is 0 Å². The number of rotatable bonds is 4. The van der Waals surface area contributed by atoms with Crippen LogP contribution in [-0.2, 0) is 9.57 Å². The number of alkyl halides is 3. The summed E-state index contributed by atoms with van der Waals surface area (Å²) in [5, 5.41) is 0. The molecular formula is C23H23BrF4O. The molecule has 0 amide bonds. The van der Waals surface area contributed by atoms with Crippen molar-refractivity contribution in [3.05, 3.63) is 59.2 Å². The van der Waals surface area contributed by atoms with Crippen LogP contribution in [0.2, 0.25) is 0 Å². The molecule has 1 saturated carbocycles. The van der Waals surface area contributed by atoms with Gasteiger partial charge in [-0.2, -0.15) is 8.78 Å². The lowest BCUT2D eigenvalue weighted by Crippen LogP contribution is -2.25. The Kier molecular flexibility index (Phi) is 6.03. The molecule has 0 spiro atoms. The second-order valence-electron chi connectivity index (χ2n) is 8.14. The van der Waals surface area contributed by atoms with Gasteiger partial charge >= 0.3 is 4.83 Å². The first-order chi connectivity index (χ1) is 13.8. The topological polar surface area (TPSA) is 9.23 Å². The van der Waals surface area contributed by atoms with Crippen LogP contribution in [0.25, 0.3) is 11.1 Å². The number of hydrogen-bond acceptors (Lipinski definition) is 1. The van der Waals surface area contributed by atoms with E-state index < -0.39 is 22.0 Å². The van der Waals surface area contributed by atoms with Gasteiger partial charge in [0.25, 0.3) is 0 Å². The van der Waals surface area contributed by atoms with E-state index in [0.717, 1.165) is 43.1 Å². The Hall–Kier alpha value is -1.40. The lowest BCUT2D eigenvalue weighted by Gasteiger charge is -2.32. The molecule has 2 aliphatic rings. The van der Waals surface area contributed by atoms with Crippen LogP contribution in [-0.4, -0.2) is 6.61 Å². The Morgan fingerprint density at radius 1 is 0.828 bits per heavy atom. The maximum atomic E-state index is 14.1. The van der Waals surface area contributed by atoms with Crippen LogP contribution in [0.3, 0.4) is 0 Å². The zero-order valence-corrected chi connectivity index (χ0v) is 17.5. The zero-order chi connectivity index (χ0) is 20.6. The van der Waals surface area contributed by atoms with Crippen molar-refractivity contribution in [2.75, 3.05) is 6.61 Å². The van der Waals surface area contributed by atoms with Crippen LogP contribution in [0.15, 0.2) is 36.4 Å². The fraction of sp³-hybridized carbons (Fsp3) is 0.478. The molecular weight excluding hydrogens is 448 g/mol. The second kappa shape index (κ2) is 8.38. The van der Waals surface area contributed by atoms with E-state index >= 15 is 0 Å². The van der Waals surface area contributed by atoms with Gasteiger partial charge in [-0.25, -0.2) is 8.78 Å². The Bertz CT molecular complexity index is 825. The van der Waals surface area contributed by atoms with E-state index in [2.05, 4.69) is 0 Å². The molecule has 2 fully saturated rings. The Balaban J connectivity index is 1.46. The third-order valence-electron chi connectivity index (χ3n) is 6.32. The van der Waals surface area contributed by atoms with Gasteiger partial charge in [-0.05, 0) is 69.4 Å². The Morgan fingerprint density at radius 2 is 1.45 bits per heavy atom. The van der Waals surface area contributed by atoms with Crippen LogP contribution in [0.5, 0.6) is 0 Å². The maximum absolute atomic E-state index is 14.1. The van der Waals surface area contributed by atoms with Gasteiger partial charge in [0.1, 0.15) is 17.2 Å². The van der Waals surface area contributed by atoms with Crippen molar-refractivity contribution in [3.63, 3.8) is 0 Å². The first-order valence-electron chi connectivity index (χ1n) is 10.1. The van der Waals surface area contributed by atoms with Crippen LogP contribution >= 0.6 is 15.9 Å². The van der Waals surface area contributed by atoms with E-state index in [1.165, 1.54) is 25.7 Å². The molecule has 0 aromatic heterocycles. The van der Waals surface area contributed by atoms with Gasteiger partial charge in [-0.3, -0.25) is 0 Å². The highest BCUT2D eigenvalue weighted by molar-refractivity contribution is 9.09. The first-order valence-corrected chi connectivity index (χ1v) is 10.9. The van der Waals surface area contributed by atoms with Gasteiger partial charge in [-0.15, -0.1) is 0 Å². The van der Waals surface area contributed by atoms with Crippen molar-refractivity contribution >= 4 is 15.9 Å². The van der Waals surface area contributed by atoms with Gasteiger partial charge < -0.3 is 4.74 Å². The first kappa shape index (κ1) is 20.9. The van der Waals surface area contributed by atoms with Crippen molar-refractivity contribution in [2.45, 2.75) is 49.5 Å². The quantitative estimate of drug-likeness (QED) is 0.328. The predicted molar refractivity (Wildman–Crippen MR) is 108 cm³/mol. The van der Waals surface area contributed by atoms with Crippen molar-refractivity contribution in [2.24, 2.45) is 11.8 Å². The summed E-state index contributed by atoms with van der Waals surface area (Å²) in [5.74, 6) is -1.10. The van der Waals surface area contributed by atoms with E-state index in [9.17, 15) is 17.6 Å². The van der Waals surface area contributed by atoms with E-state index in [1.807, 2.05) is 28.1 Å². The molecule has 1 nitrogen and oxygen atoms in total. The summed E-state index contributed by atoms with van der Waals surface area (Å²) in [7, 11) is 0. The monoisotopic (exact) mass is 470 g/mol. The smallest absolute Gasteiger partial charge is 0.332 e. The highest BCUT2D eigenvalue weighted by Crippen LogP contribution is 2.41. The molecule has 2 aromatic rings. The number of benzene rings is 2.